The summed E-state index contributed by atoms with van der Waals surface area (Å²) in [5.74, 6) is -0.281. The molecule has 0 aliphatic carbocycles. The number of fused-ring (bicyclic) bond motifs is 1. The summed E-state index contributed by atoms with van der Waals surface area (Å²) >= 11 is 0. The number of nitrogens with one attached hydrogen (secondary N) is 1. The van der Waals surface area contributed by atoms with Crippen molar-refractivity contribution in [2.24, 2.45) is 0 Å². The van der Waals surface area contributed by atoms with E-state index in [1.54, 1.807) is 30.0 Å². The number of ether oxygens (including phenoxy) is 1. The Kier molecular flexibility index (Phi) is 6.39. The fourth-order valence-electron chi connectivity index (χ4n) is 3.34. The van der Waals surface area contributed by atoms with Crippen LogP contribution in [-0.4, -0.2) is 38.7 Å². The number of hydrogen-bond acceptors (Lipinski definition) is 4. The lowest BCUT2D eigenvalue weighted by molar-refractivity contribution is -0.122. The summed E-state index contributed by atoms with van der Waals surface area (Å²) in [5, 5.41) is 3.48. The Morgan fingerprint density at radius 2 is 1.83 bits per heavy atom. The fraction of sp³-hybridized carbons (Fsp3) is 0.318. The third-order valence-corrected chi connectivity index (χ3v) is 6.41. The van der Waals surface area contributed by atoms with Crippen LogP contribution < -0.4 is 5.32 Å². The van der Waals surface area contributed by atoms with E-state index >= 15 is 0 Å². The van der Waals surface area contributed by atoms with E-state index in [0.717, 1.165) is 11.1 Å². The third-order valence-electron chi connectivity index (χ3n) is 4.70. The molecule has 1 atom stereocenters. The number of methoxy groups -OCH3 is 1. The second-order valence-electron chi connectivity index (χ2n) is 7.31. The van der Waals surface area contributed by atoms with Crippen molar-refractivity contribution in [2.75, 3.05) is 13.7 Å². The average Bonchev–Trinajstić information content (AvgIpc) is 3.03. The molecule has 0 aliphatic heterocycles. The van der Waals surface area contributed by atoms with Gasteiger partial charge in [-0.2, -0.15) is 0 Å². The molecule has 1 unspecified atom stereocenters. The standard InChI is InChI=1S/C22H26N2O4S/c1-16-8-10-18(11-9-16)15-29(26,27)21-12-24(20-7-5-4-6-19(20)21)13-22(25)23-17(2)14-28-3/h4-12,17H,13-15H2,1-3H3,(H,23,25). The molecule has 3 rings (SSSR count). The topological polar surface area (TPSA) is 77.4 Å². The van der Waals surface area contributed by atoms with Crippen molar-refractivity contribution >= 4 is 26.6 Å². The van der Waals surface area contributed by atoms with Gasteiger partial charge in [0.05, 0.1) is 17.3 Å². The number of nitrogens with zero attached hydrogens (tertiary/aromatic N) is 1. The van der Waals surface area contributed by atoms with Crippen molar-refractivity contribution in [1.29, 1.82) is 0 Å². The van der Waals surface area contributed by atoms with Crippen LogP contribution in [0, 0.1) is 6.92 Å². The first-order valence-electron chi connectivity index (χ1n) is 9.44. The fourth-order valence-corrected chi connectivity index (χ4v) is 4.92. The third kappa shape index (κ3) is 5.05. The predicted molar refractivity (Wildman–Crippen MR) is 113 cm³/mol. The summed E-state index contributed by atoms with van der Waals surface area (Å²) < 4.78 is 33.0. The Morgan fingerprint density at radius 1 is 1.14 bits per heavy atom. The molecule has 1 heterocycles. The molecule has 1 aromatic heterocycles. The molecule has 7 heteroatoms. The monoisotopic (exact) mass is 414 g/mol. The van der Waals surface area contributed by atoms with E-state index in [1.807, 2.05) is 50.2 Å². The van der Waals surface area contributed by atoms with Gasteiger partial charge in [-0.3, -0.25) is 4.79 Å². The van der Waals surface area contributed by atoms with E-state index in [0.29, 0.717) is 17.5 Å². The van der Waals surface area contributed by atoms with Gasteiger partial charge in [-0.1, -0.05) is 48.0 Å². The zero-order valence-corrected chi connectivity index (χ0v) is 17.7. The normalized spacial score (nSPS) is 12.8. The highest BCUT2D eigenvalue weighted by molar-refractivity contribution is 7.90. The summed E-state index contributed by atoms with van der Waals surface area (Å²) in [7, 11) is -2.00. The molecular formula is C22H26N2O4S. The Balaban J connectivity index is 1.91. The second-order valence-corrected chi connectivity index (χ2v) is 9.26. The summed E-state index contributed by atoms with van der Waals surface area (Å²) in [6.07, 6.45) is 1.56. The number of aromatic nitrogens is 1. The summed E-state index contributed by atoms with van der Waals surface area (Å²) in [6.45, 7) is 4.26. The molecule has 0 bridgehead atoms. The molecule has 1 amide bonds. The van der Waals surface area contributed by atoms with Crippen molar-refractivity contribution < 1.29 is 17.9 Å². The highest BCUT2D eigenvalue weighted by Crippen LogP contribution is 2.28. The summed E-state index contributed by atoms with van der Waals surface area (Å²) in [6, 6.07) is 14.6. The molecule has 29 heavy (non-hydrogen) atoms. The number of para-hydroxylation sites is 1. The Labute approximate surface area is 171 Å². The second kappa shape index (κ2) is 8.80. The van der Waals surface area contributed by atoms with Crippen LogP contribution in [0.4, 0.5) is 0 Å². The number of carbonyl (C=O) groups is 1. The van der Waals surface area contributed by atoms with E-state index < -0.39 is 9.84 Å². The number of rotatable bonds is 8. The van der Waals surface area contributed by atoms with Gasteiger partial charge >= 0.3 is 0 Å². The molecule has 0 saturated heterocycles. The minimum absolute atomic E-state index is 0.0363. The lowest BCUT2D eigenvalue weighted by Gasteiger charge is -2.13. The first-order valence-corrected chi connectivity index (χ1v) is 11.1. The average molecular weight is 415 g/mol. The molecule has 2 aromatic carbocycles. The maximum atomic E-state index is 13.1. The van der Waals surface area contributed by atoms with Gasteiger partial charge in [-0.25, -0.2) is 8.42 Å². The van der Waals surface area contributed by atoms with Crippen LogP contribution in [0.3, 0.4) is 0 Å². The van der Waals surface area contributed by atoms with E-state index in [4.69, 9.17) is 4.74 Å². The van der Waals surface area contributed by atoms with Crippen LogP contribution >= 0.6 is 0 Å². The Hall–Kier alpha value is -2.64. The molecule has 0 fully saturated rings. The number of amides is 1. The van der Waals surface area contributed by atoms with Gasteiger partial charge in [0.1, 0.15) is 6.54 Å². The van der Waals surface area contributed by atoms with Gasteiger partial charge in [0, 0.05) is 30.3 Å². The lowest BCUT2D eigenvalue weighted by atomic mass is 10.2. The molecule has 0 saturated carbocycles. The molecule has 1 N–H and O–H groups in total. The van der Waals surface area contributed by atoms with E-state index in [2.05, 4.69) is 5.32 Å². The van der Waals surface area contributed by atoms with Gasteiger partial charge in [0.15, 0.2) is 9.84 Å². The smallest absolute Gasteiger partial charge is 0.240 e. The van der Waals surface area contributed by atoms with Crippen LogP contribution in [0.15, 0.2) is 59.6 Å². The van der Waals surface area contributed by atoms with Gasteiger partial charge in [-0.05, 0) is 25.5 Å². The zero-order valence-electron chi connectivity index (χ0n) is 16.9. The van der Waals surface area contributed by atoms with E-state index in [-0.39, 0.29) is 29.1 Å². The van der Waals surface area contributed by atoms with Crippen LogP contribution in [0.2, 0.25) is 0 Å². The molecule has 0 spiro atoms. The zero-order chi connectivity index (χ0) is 21.0. The predicted octanol–water partition coefficient (Wildman–Crippen LogP) is 3.07. The number of hydrogen-bond donors (Lipinski definition) is 1. The van der Waals surface area contributed by atoms with Crippen molar-refractivity contribution in [3.63, 3.8) is 0 Å². The number of benzene rings is 2. The molecule has 0 radical (unpaired) electrons. The van der Waals surface area contributed by atoms with Gasteiger partial charge < -0.3 is 14.6 Å². The van der Waals surface area contributed by atoms with Gasteiger partial charge in [0.2, 0.25) is 5.91 Å². The summed E-state index contributed by atoms with van der Waals surface area (Å²) in [5.41, 5.74) is 2.53. The Bertz CT molecular complexity index is 1100. The quantitative estimate of drug-likeness (QED) is 0.615. The van der Waals surface area contributed by atoms with Crippen molar-refractivity contribution in [2.45, 2.75) is 37.1 Å². The maximum absolute atomic E-state index is 13.1. The first kappa shape index (κ1) is 21.1. The van der Waals surface area contributed by atoms with E-state index in [1.165, 1.54) is 0 Å². The highest BCUT2D eigenvalue weighted by atomic mass is 32.2. The molecule has 154 valence electrons. The minimum atomic E-state index is -3.57. The van der Waals surface area contributed by atoms with Crippen molar-refractivity contribution in [1.82, 2.24) is 9.88 Å². The summed E-state index contributed by atoms with van der Waals surface area (Å²) in [4.78, 5) is 12.6. The van der Waals surface area contributed by atoms with Crippen LogP contribution in [-0.2, 0) is 31.7 Å². The van der Waals surface area contributed by atoms with E-state index in [9.17, 15) is 13.2 Å². The van der Waals surface area contributed by atoms with Gasteiger partial charge in [-0.15, -0.1) is 0 Å². The number of sulfone groups is 1. The molecule has 6 nitrogen and oxygen atoms in total. The van der Waals surface area contributed by atoms with Crippen molar-refractivity contribution in [3.05, 3.63) is 65.9 Å². The molecule has 3 aromatic rings. The number of carbonyl (C=O) groups excluding carboxylic acids is 1. The molecule has 0 aliphatic rings. The van der Waals surface area contributed by atoms with Crippen molar-refractivity contribution in [3.8, 4) is 0 Å². The van der Waals surface area contributed by atoms with Gasteiger partial charge in [0.25, 0.3) is 0 Å². The van der Waals surface area contributed by atoms with Crippen LogP contribution in [0.5, 0.6) is 0 Å². The number of aryl methyl sites for hydroxylation is 1. The van der Waals surface area contributed by atoms with Crippen LogP contribution in [0.25, 0.3) is 10.9 Å². The molecular weight excluding hydrogens is 388 g/mol. The largest absolute Gasteiger partial charge is 0.383 e. The SMILES string of the molecule is COCC(C)NC(=O)Cn1cc(S(=O)(=O)Cc2ccc(C)cc2)c2ccccc21. The van der Waals surface area contributed by atoms with Crippen LogP contribution in [0.1, 0.15) is 18.1 Å². The first-order chi connectivity index (χ1) is 13.8. The Morgan fingerprint density at radius 3 is 2.52 bits per heavy atom. The maximum Gasteiger partial charge on any atom is 0.240 e. The minimum Gasteiger partial charge on any atom is -0.383 e. The lowest BCUT2D eigenvalue weighted by Crippen LogP contribution is -2.37. The highest BCUT2D eigenvalue weighted by Gasteiger charge is 2.22.